The van der Waals surface area contributed by atoms with E-state index in [4.69, 9.17) is 4.74 Å². The molecule has 1 aliphatic heterocycles. The van der Waals surface area contributed by atoms with E-state index in [0.717, 1.165) is 20.5 Å². The highest BCUT2D eigenvalue weighted by Crippen LogP contribution is 2.40. The highest BCUT2D eigenvalue weighted by atomic mass is 32.1. The number of thiophene rings is 1. The molecule has 0 amide bonds. The molecule has 0 unspecified atom stereocenters. The molecule has 1 aliphatic rings. The molecule has 0 atom stereocenters. The molecular formula is C17H12N2O3S2. The van der Waals surface area contributed by atoms with Crippen molar-refractivity contribution in [2.24, 2.45) is 0 Å². The van der Waals surface area contributed by atoms with Crippen LogP contribution >= 0.6 is 22.7 Å². The zero-order valence-electron chi connectivity index (χ0n) is 12.7. The van der Waals surface area contributed by atoms with E-state index in [1.165, 1.54) is 22.7 Å². The second-order valence-electron chi connectivity index (χ2n) is 5.68. The maximum Gasteiger partial charge on any atom is 0.347 e. The monoisotopic (exact) mass is 356 g/mol. The molecule has 24 heavy (non-hydrogen) atoms. The Balaban J connectivity index is 1.84. The minimum absolute atomic E-state index is 0.260. The first kappa shape index (κ1) is 15.3. The van der Waals surface area contributed by atoms with Crippen LogP contribution in [0, 0.1) is 18.3 Å². The number of fused-ring (bicyclic) bond motifs is 1. The third-order valence-electron chi connectivity index (χ3n) is 4.07. The van der Waals surface area contributed by atoms with Gasteiger partial charge in [0, 0.05) is 5.92 Å². The average Bonchev–Trinajstić information content (AvgIpc) is 3.07. The average molecular weight is 356 g/mol. The molecule has 1 N–H and O–H groups in total. The summed E-state index contributed by atoms with van der Waals surface area (Å²) >= 11 is 2.66. The quantitative estimate of drug-likeness (QED) is 0.766. The number of carboxylic acid groups (broad SMARTS) is 1. The molecule has 0 radical (unpaired) electrons. The molecule has 120 valence electrons. The number of aryl methyl sites for hydroxylation is 1. The van der Waals surface area contributed by atoms with Crippen LogP contribution in [0.15, 0.2) is 18.2 Å². The van der Waals surface area contributed by atoms with Crippen LogP contribution in [0.25, 0.3) is 20.0 Å². The molecule has 1 aromatic carbocycles. The minimum Gasteiger partial charge on any atom is -0.477 e. The van der Waals surface area contributed by atoms with Gasteiger partial charge in [-0.3, -0.25) is 0 Å². The molecule has 0 aliphatic carbocycles. The van der Waals surface area contributed by atoms with Crippen LogP contribution < -0.4 is 0 Å². The maximum atomic E-state index is 11.2. The summed E-state index contributed by atoms with van der Waals surface area (Å²) in [6, 6.07) is 8.30. The fourth-order valence-corrected chi connectivity index (χ4v) is 4.78. The summed E-state index contributed by atoms with van der Waals surface area (Å²) in [7, 11) is 0. The number of thiazole rings is 1. The number of carboxylic acids is 1. The third-order valence-corrected chi connectivity index (χ3v) is 6.57. The molecule has 0 spiro atoms. The van der Waals surface area contributed by atoms with Crippen molar-refractivity contribution >= 4 is 38.7 Å². The molecule has 0 bridgehead atoms. The Morgan fingerprint density at radius 2 is 2.17 bits per heavy atom. The van der Waals surface area contributed by atoms with Crippen LogP contribution in [-0.4, -0.2) is 29.3 Å². The summed E-state index contributed by atoms with van der Waals surface area (Å²) in [4.78, 5) is 16.8. The van der Waals surface area contributed by atoms with E-state index in [2.05, 4.69) is 17.1 Å². The van der Waals surface area contributed by atoms with Crippen molar-refractivity contribution in [3.05, 3.63) is 39.9 Å². The third kappa shape index (κ3) is 2.40. The van der Waals surface area contributed by atoms with E-state index >= 15 is 0 Å². The van der Waals surface area contributed by atoms with E-state index in [1.807, 2.05) is 12.1 Å². The summed E-state index contributed by atoms with van der Waals surface area (Å²) in [6.45, 7) is 3.09. The van der Waals surface area contributed by atoms with Crippen LogP contribution in [0.3, 0.4) is 0 Å². The van der Waals surface area contributed by atoms with E-state index in [9.17, 15) is 15.2 Å². The van der Waals surface area contributed by atoms with Gasteiger partial charge in [0.2, 0.25) is 0 Å². The summed E-state index contributed by atoms with van der Waals surface area (Å²) in [5.74, 6) is -0.604. The minimum atomic E-state index is -0.956. The Hall–Kier alpha value is -2.27. The van der Waals surface area contributed by atoms with Crippen molar-refractivity contribution in [3.63, 3.8) is 0 Å². The first-order valence-corrected chi connectivity index (χ1v) is 8.96. The van der Waals surface area contributed by atoms with Crippen LogP contribution in [0.1, 0.15) is 32.4 Å². The Kier molecular flexibility index (Phi) is 3.61. The predicted molar refractivity (Wildman–Crippen MR) is 92.9 cm³/mol. The van der Waals surface area contributed by atoms with E-state index in [1.54, 1.807) is 6.92 Å². The van der Waals surface area contributed by atoms with E-state index in [0.29, 0.717) is 35.4 Å². The zero-order chi connectivity index (χ0) is 16.8. The molecule has 1 fully saturated rings. The molecule has 5 nitrogen and oxygen atoms in total. The molecule has 2 aromatic heterocycles. The largest absolute Gasteiger partial charge is 0.477 e. The van der Waals surface area contributed by atoms with Crippen molar-refractivity contribution in [1.82, 2.24) is 4.98 Å². The normalized spacial score (nSPS) is 14.5. The summed E-state index contributed by atoms with van der Waals surface area (Å²) < 4.78 is 6.16. The first-order valence-electron chi connectivity index (χ1n) is 7.33. The number of carbonyl (C=O) groups is 1. The lowest BCUT2D eigenvalue weighted by atomic mass is 9.95. The Morgan fingerprint density at radius 1 is 1.38 bits per heavy atom. The number of aromatic nitrogens is 1. The summed E-state index contributed by atoms with van der Waals surface area (Å²) in [5, 5.41) is 20.4. The number of ether oxygens (including phenoxy) is 1. The smallest absolute Gasteiger partial charge is 0.347 e. The van der Waals surface area contributed by atoms with Crippen molar-refractivity contribution < 1.29 is 14.6 Å². The molecule has 4 rings (SSSR count). The SMILES string of the molecule is Cc1nc(-c2cc3cc(C4COC4)cc(C#N)c3s2)sc1C(=O)O. The van der Waals surface area contributed by atoms with Gasteiger partial charge in [0.25, 0.3) is 0 Å². The van der Waals surface area contributed by atoms with Gasteiger partial charge in [0.15, 0.2) is 0 Å². The Bertz CT molecular complexity index is 1010. The number of aromatic carboxylic acids is 1. The highest BCUT2D eigenvalue weighted by molar-refractivity contribution is 7.26. The van der Waals surface area contributed by atoms with Crippen molar-refractivity contribution in [2.75, 3.05) is 13.2 Å². The lowest BCUT2D eigenvalue weighted by Crippen LogP contribution is -2.25. The van der Waals surface area contributed by atoms with Gasteiger partial charge in [-0.25, -0.2) is 9.78 Å². The lowest BCUT2D eigenvalue weighted by Gasteiger charge is -2.26. The fourth-order valence-electron chi connectivity index (χ4n) is 2.73. The van der Waals surface area contributed by atoms with Crippen LogP contribution in [0.5, 0.6) is 0 Å². The van der Waals surface area contributed by atoms with Crippen molar-refractivity contribution in [1.29, 1.82) is 5.26 Å². The van der Waals surface area contributed by atoms with Gasteiger partial charge in [-0.1, -0.05) is 0 Å². The molecular weight excluding hydrogens is 344 g/mol. The highest BCUT2D eigenvalue weighted by Gasteiger charge is 2.23. The number of nitriles is 1. The molecule has 7 heteroatoms. The Labute approximate surface area is 145 Å². The van der Waals surface area contributed by atoms with Gasteiger partial charge in [0.1, 0.15) is 16.0 Å². The molecule has 1 saturated heterocycles. The van der Waals surface area contributed by atoms with Crippen LogP contribution in [0.2, 0.25) is 0 Å². The molecule has 3 heterocycles. The van der Waals surface area contributed by atoms with Gasteiger partial charge in [-0.15, -0.1) is 22.7 Å². The fraction of sp³-hybridized carbons (Fsp3) is 0.235. The standard InChI is InChI=1S/C17H12N2O3S2/c1-8-14(17(20)21)24-16(19-8)13-4-10-2-9(12-6-22-7-12)3-11(5-18)15(10)23-13/h2-4,12H,6-7H2,1H3,(H,20,21). The van der Waals surface area contributed by atoms with Crippen molar-refractivity contribution in [3.8, 4) is 16.0 Å². The van der Waals surface area contributed by atoms with Crippen LogP contribution in [-0.2, 0) is 4.74 Å². The topological polar surface area (TPSA) is 83.2 Å². The Morgan fingerprint density at radius 3 is 2.75 bits per heavy atom. The van der Waals surface area contributed by atoms with E-state index in [-0.39, 0.29) is 4.88 Å². The van der Waals surface area contributed by atoms with Gasteiger partial charge < -0.3 is 9.84 Å². The van der Waals surface area contributed by atoms with Gasteiger partial charge >= 0.3 is 5.97 Å². The predicted octanol–water partition coefficient (Wildman–Crippen LogP) is 4.02. The zero-order valence-corrected chi connectivity index (χ0v) is 14.3. The first-order chi connectivity index (χ1) is 11.6. The number of rotatable bonds is 3. The van der Waals surface area contributed by atoms with Crippen LogP contribution in [0.4, 0.5) is 0 Å². The number of benzene rings is 1. The summed E-state index contributed by atoms with van der Waals surface area (Å²) in [6.07, 6.45) is 0. The van der Waals surface area contributed by atoms with Gasteiger partial charge in [-0.2, -0.15) is 5.26 Å². The second kappa shape index (κ2) is 5.67. The van der Waals surface area contributed by atoms with Gasteiger partial charge in [0.05, 0.1) is 34.0 Å². The van der Waals surface area contributed by atoms with Gasteiger partial charge in [-0.05, 0) is 36.1 Å². The molecule has 3 aromatic rings. The molecule has 0 saturated carbocycles. The second-order valence-corrected chi connectivity index (χ2v) is 7.73. The number of hydrogen-bond acceptors (Lipinski definition) is 6. The number of nitrogens with zero attached hydrogens (tertiary/aromatic N) is 2. The maximum absolute atomic E-state index is 11.2. The van der Waals surface area contributed by atoms with E-state index < -0.39 is 5.97 Å². The lowest BCUT2D eigenvalue weighted by molar-refractivity contribution is 0.00847. The van der Waals surface area contributed by atoms with Crippen molar-refractivity contribution in [2.45, 2.75) is 12.8 Å². The summed E-state index contributed by atoms with van der Waals surface area (Å²) in [5.41, 5.74) is 2.29. The number of hydrogen-bond donors (Lipinski definition) is 1.